The summed E-state index contributed by atoms with van der Waals surface area (Å²) >= 11 is 0. The Bertz CT molecular complexity index is 1210. The second kappa shape index (κ2) is 9.06. The van der Waals surface area contributed by atoms with Crippen LogP contribution in [-0.2, 0) is 9.53 Å². The Morgan fingerprint density at radius 2 is 1.91 bits per heavy atom. The molecule has 2 N–H and O–H groups in total. The Kier molecular flexibility index (Phi) is 5.93. The largest absolute Gasteiger partial charge is 0.381 e. The second-order valence-electron chi connectivity index (χ2n) is 8.57. The highest BCUT2D eigenvalue weighted by atomic mass is 19.3. The number of benzene rings is 1. The van der Waals surface area contributed by atoms with E-state index in [1.165, 1.54) is 18.1 Å². The van der Waals surface area contributed by atoms with Gasteiger partial charge in [0, 0.05) is 43.3 Å². The van der Waals surface area contributed by atoms with Crippen LogP contribution in [0.3, 0.4) is 0 Å². The molecule has 0 atom stereocenters. The van der Waals surface area contributed by atoms with Crippen LogP contribution in [-0.4, -0.2) is 60.6 Å². The molecule has 1 fully saturated rings. The number of alkyl halides is 2. The van der Waals surface area contributed by atoms with Gasteiger partial charge in [0.2, 0.25) is 5.95 Å². The number of hydrogen-bond acceptors (Lipinski definition) is 7. The summed E-state index contributed by atoms with van der Waals surface area (Å²) in [6.45, 7) is 0.453. The van der Waals surface area contributed by atoms with E-state index in [4.69, 9.17) is 4.74 Å². The van der Waals surface area contributed by atoms with E-state index in [9.17, 15) is 18.4 Å². The minimum absolute atomic E-state index is 0.1000. The van der Waals surface area contributed by atoms with E-state index in [1.54, 1.807) is 42.5 Å². The summed E-state index contributed by atoms with van der Waals surface area (Å²) < 4.78 is 34.4. The topological polar surface area (TPSA) is 99.7 Å². The highest BCUT2D eigenvalue weighted by Gasteiger charge is 2.48. The van der Waals surface area contributed by atoms with Crippen LogP contribution in [0.2, 0.25) is 0 Å². The molecule has 1 aromatic heterocycles. The summed E-state index contributed by atoms with van der Waals surface area (Å²) in [7, 11) is 1.28. The van der Waals surface area contributed by atoms with E-state index in [0.29, 0.717) is 30.2 Å². The lowest BCUT2D eigenvalue weighted by Gasteiger charge is -2.28. The Hall–Kier alpha value is -3.86. The van der Waals surface area contributed by atoms with Crippen molar-refractivity contribution in [2.24, 2.45) is 0 Å². The predicted molar refractivity (Wildman–Crippen MR) is 126 cm³/mol. The van der Waals surface area contributed by atoms with Gasteiger partial charge in [0.1, 0.15) is 5.69 Å². The number of ether oxygens (including phenoxy) is 1. The van der Waals surface area contributed by atoms with Crippen molar-refractivity contribution in [3.05, 3.63) is 60.0 Å². The smallest absolute Gasteiger partial charge is 0.342 e. The molecule has 35 heavy (non-hydrogen) atoms. The van der Waals surface area contributed by atoms with Gasteiger partial charge in [-0.15, -0.1) is 0 Å². The fraction of sp³-hybridized carbons (Fsp3) is 0.333. The zero-order valence-electron chi connectivity index (χ0n) is 19.0. The Morgan fingerprint density at radius 3 is 2.57 bits per heavy atom. The number of amides is 2. The van der Waals surface area contributed by atoms with E-state index >= 15 is 0 Å². The summed E-state index contributed by atoms with van der Waals surface area (Å²) in [6, 6.07) is 6.90. The molecule has 182 valence electrons. The van der Waals surface area contributed by atoms with E-state index in [-0.39, 0.29) is 29.4 Å². The monoisotopic (exact) mass is 482 g/mol. The number of aromatic nitrogens is 2. The third kappa shape index (κ3) is 4.59. The van der Waals surface area contributed by atoms with Gasteiger partial charge in [0.05, 0.1) is 12.7 Å². The maximum Gasteiger partial charge on any atom is 0.342 e. The molecule has 3 aliphatic rings. The third-order valence-corrected chi connectivity index (χ3v) is 6.15. The maximum absolute atomic E-state index is 14.6. The molecule has 1 saturated heterocycles. The van der Waals surface area contributed by atoms with Crippen molar-refractivity contribution in [1.82, 2.24) is 15.3 Å². The van der Waals surface area contributed by atoms with Crippen molar-refractivity contribution in [1.29, 1.82) is 0 Å². The average molecular weight is 482 g/mol. The molecule has 0 spiro atoms. The van der Waals surface area contributed by atoms with Crippen LogP contribution in [0.1, 0.15) is 23.2 Å². The van der Waals surface area contributed by atoms with Crippen LogP contribution in [0, 0.1) is 0 Å². The molecular formula is C24H24F2N6O3. The summed E-state index contributed by atoms with van der Waals surface area (Å²) in [5, 5.41) is 6.05. The maximum atomic E-state index is 14.6. The molecule has 0 radical (unpaired) electrons. The number of nitrogens with zero attached hydrogens (tertiary/aromatic N) is 4. The number of allylic oxidation sites excluding steroid dienone is 3. The highest BCUT2D eigenvalue weighted by molar-refractivity contribution is 6.02. The SMILES string of the molecule is CN1C(=O)C(F)(F)CN(C2=CC=C2)c2nc(Nc3ccc(C(=O)NC4CCOCC4)cc3)ncc21. The van der Waals surface area contributed by atoms with Gasteiger partial charge in [-0.3, -0.25) is 9.59 Å². The Morgan fingerprint density at radius 1 is 1.20 bits per heavy atom. The first-order chi connectivity index (χ1) is 16.8. The van der Waals surface area contributed by atoms with Crippen LogP contribution in [0.5, 0.6) is 0 Å². The fourth-order valence-corrected chi connectivity index (χ4v) is 4.08. The molecule has 0 unspecified atom stereocenters. The van der Waals surface area contributed by atoms with Crippen molar-refractivity contribution in [3.63, 3.8) is 0 Å². The third-order valence-electron chi connectivity index (χ3n) is 6.15. The summed E-state index contributed by atoms with van der Waals surface area (Å²) in [5.41, 5.74) is 1.84. The van der Waals surface area contributed by atoms with E-state index in [0.717, 1.165) is 17.7 Å². The second-order valence-corrected chi connectivity index (χ2v) is 8.57. The van der Waals surface area contributed by atoms with Crippen LogP contribution in [0.4, 0.5) is 31.9 Å². The van der Waals surface area contributed by atoms with Gasteiger partial charge in [-0.25, -0.2) is 4.98 Å². The van der Waals surface area contributed by atoms with Crippen LogP contribution < -0.4 is 20.4 Å². The molecule has 2 aromatic rings. The van der Waals surface area contributed by atoms with E-state index in [2.05, 4.69) is 20.6 Å². The van der Waals surface area contributed by atoms with Crippen LogP contribution in [0.15, 0.2) is 54.4 Å². The first-order valence-corrected chi connectivity index (χ1v) is 11.3. The first kappa shape index (κ1) is 22.9. The summed E-state index contributed by atoms with van der Waals surface area (Å²) in [4.78, 5) is 35.7. The zero-order valence-corrected chi connectivity index (χ0v) is 19.0. The lowest BCUT2D eigenvalue weighted by molar-refractivity contribution is -0.140. The minimum Gasteiger partial charge on any atom is -0.381 e. The molecule has 1 aliphatic carbocycles. The van der Waals surface area contributed by atoms with Gasteiger partial charge in [0.25, 0.3) is 11.8 Å². The predicted octanol–water partition coefficient (Wildman–Crippen LogP) is 3.00. The molecule has 3 heterocycles. The van der Waals surface area contributed by atoms with Gasteiger partial charge in [-0.05, 0) is 49.3 Å². The quantitative estimate of drug-likeness (QED) is 0.676. The average Bonchev–Trinajstić information content (AvgIpc) is 2.88. The summed E-state index contributed by atoms with van der Waals surface area (Å²) in [5.74, 6) is -4.70. The number of carbonyl (C=O) groups is 2. The molecule has 0 saturated carbocycles. The fourth-order valence-electron chi connectivity index (χ4n) is 4.08. The van der Waals surface area contributed by atoms with Gasteiger partial charge in [0.15, 0.2) is 5.82 Å². The number of nitrogens with one attached hydrogen (secondary N) is 2. The number of carbonyl (C=O) groups excluding carboxylic acids is 2. The van der Waals surface area contributed by atoms with Crippen molar-refractivity contribution >= 4 is 35.0 Å². The van der Waals surface area contributed by atoms with Crippen molar-refractivity contribution in [2.45, 2.75) is 24.8 Å². The Balaban J connectivity index is 1.35. The lowest BCUT2D eigenvalue weighted by Crippen LogP contribution is -2.46. The van der Waals surface area contributed by atoms with Crippen LogP contribution in [0.25, 0.3) is 0 Å². The van der Waals surface area contributed by atoms with E-state index in [1.807, 2.05) is 0 Å². The van der Waals surface area contributed by atoms with Crippen molar-refractivity contribution in [2.75, 3.05) is 41.9 Å². The van der Waals surface area contributed by atoms with Gasteiger partial charge >= 0.3 is 5.92 Å². The van der Waals surface area contributed by atoms with Crippen LogP contribution >= 0.6 is 0 Å². The number of fused-ring (bicyclic) bond motifs is 1. The molecular weight excluding hydrogens is 458 g/mol. The molecule has 9 nitrogen and oxygen atoms in total. The molecule has 2 aliphatic heterocycles. The Labute approximate surface area is 200 Å². The van der Waals surface area contributed by atoms with E-state index < -0.39 is 18.4 Å². The number of halogens is 2. The lowest BCUT2D eigenvalue weighted by atomic mass is 10.1. The normalized spacial score (nSPS) is 19.4. The number of hydrogen-bond donors (Lipinski definition) is 2. The highest BCUT2D eigenvalue weighted by Crippen LogP contribution is 2.38. The first-order valence-electron chi connectivity index (χ1n) is 11.3. The number of rotatable bonds is 5. The summed E-state index contributed by atoms with van der Waals surface area (Å²) in [6.07, 6.45) is 8.00. The molecule has 2 amide bonds. The zero-order chi connectivity index (χ0) is 24.6. The van der Waals surface area contributed by atoms with Crippen molar-refractivity contribution in [3.8, 4) is 0 Å². The molecule has 5 rings (SSSR count). The standard InChI is InChI=1S/C24H24F2N6O3/c1-31-19-13-27-23(30-20(19)32(18-3-2-4-18)14-24(25,26)22(31)34)29-16-7-5-15(6-8-16)21(33)28-17-9-11-35-12-10-17/h2-8,13,17H,9-12,14H2,1H3,(H,28,33)(H,27,29,30). The molecule has 1 aromatic carbocycles. The molecule has 0 bridgehead atoms. The van der Waals surface area contributed by atoms with Gasteiger partial charge in [-0.1, -0.05) is 6.08 Å². The molecule has 11 heteroatoms. The van der Waals surface area contributed by atoms with Gasteiger partial charge in [-0.2, -0.15) is 13.8 Å². The van der Waals surface area contributed by atoms with Crippen molar-refractivity contribution < 1.29 is 23.1 Å². The number of anilines is 4. The minimum atomic E-state index is -3.59. The van der Waals surface area contributed by atoms with Gasteiger partial charge < -0.3 is 25.2 Å².